The molecule has 0 radical (unpaired) electrons. The summed E-state index contributed by atoms with van der Waals surface area (Å²) >= 11 is 0. The Hall–Kier alpha value is -4.75. The van der Waals surface area contributed by atoms with E-state index in [-0.39, 0.29) is 45.8 Å². The van der Waals surface area contributed by atoms with Crippen molar-refractivity contribution in [1.82, 2.24) is 9.62 Å². The smallest absolute Gasteiger partial charge is 0.343 e. The van der Waals surface area contributed by atoms with Crippen LogP contribution in [-0.2, 0) is 26.0 Å². The minimum Gasteiger partial charge on any atom is -0.493 e. The molecule has 1 aliphatic carbocycles. The predicted molar refractivity (Wildman–Crippen MR) is 183 cm³/mol. The summed E-state index contributed by atoms with van der Waals surface area (Å²) in [7, 11) is -2.35. The molecule has 49 heavy (non-hydrogen) atoms. The summed E-state index contributed by atoms with van der Waals surface area (Å²) in [6.07, 6.45) is 5.06. The Morgan fingerprint density at radius 3 is 2.06 bits per heavy atom. The summed E-state index contributed by atoms with van der Waals surface area (Å²) in [4.78, 5) is 50.4. The molecule has 3 aromatic rings. The molecule has 0 spiro atoms. The highest BCUT2D eigenvalue weighted by Crippen LogP contribution is 2.30. The molecule has 0 aromatic heterocycles. The minimum absolute atomic E-state index is 0.00295. The van der Waals surface area contributed by atoms with Gasteiger partial charge in [-0.05, 0) is 91.9 Å². The van der Waals surface area contributed by atoms with Gasteiger partial charge in [-0.1, -0.05) is 32.8 Å². The molecule has 1 aliphatic rings. The monoisotopic (exact) mass is 693 g/mol. The van der Waals surface area contributed by atoms with Crippen molar-refractivity contribution < 1.29 is 42.2 Å². The lowest BCUT2D eigenvalue weighted by atomic mass is 10.0. The van der Waals surface area contributed by atoms with Crippen LogP contribution in [0.5, 0.6) is 11.5 Å². The fraction of sp³-hybridized carbons (Fsp3) is 0.389. The summed E-state index contributed by atoms with van der Waals surface area (Å²) in [5.41, 5.74) is 1.41. The minimum atomic E-state index is -3.71. The Kier molecular flexibility index (Phi) is 12.9. The Labute approximate surface area is 286 Å². The van der Waals surface area contributed by atoms with Crippen LogP contribution in [0.15, 0.2) is 71.6 Å². The van der Waals surface area contributed by atoms with Crippen LogP contribution >= 0.6 is 0 Å². The topological polar surface area (TPSA) is 168 Å². The molecular weight excluding hydrogens is 650 g/mol. The maximum absolute atomic E-state index is 13.1. The molecule has 0 aliphatic heterocycles. The number of benzene rings is 3. The zero-order chi connectivity index (χ0) is 35.6. The van der Waals surface area contributed by atoms with Crippen molar-refractivity contribution >= 4 is 39.5 Å². The summed E-state index contributed by atoms with van der Waals surface area (Å²) in [6, 6.07) is 15.0. The van der Waals surface area contributed by atoms with E-state index in [0.717, 1.165) is 25.7 Å². The number of nitrogens with zero attached hydrogens (tertiary/aromatic N) is 1. The molecular formula is C36H43N3O9S. The zero-order valence-corrected chi connectivity index (χ0v) is 28.8. The maximum Gasteiger partial charge on any atom is 0.343 e. The number of carbonyl (C=O) groups is 4. The van der Waals surface area contributed by atoms with E-state index in [9.17, 15) is 32.7 Å². The van der Waals surface area contributed by atoms with Crippen molar-refractivity contribution in [1.29, 1.82) is 0 Å². The Balaban J connectivity index is 1.39. The van der Waals surface area contributed by atoms with Gasteiger partial charge in [0, 0.05) is 36.7 Å². The second kappa shape index (κ2) is 17.1. The fourth-order valence-corrected chi connectivity index (χ4v) is 7.28. The zero-order valence-electron chi connectivity index (χ0n) is 27.9. The number of methoxy groups -OCH3 is 1. The number of hydrogen-bond donors (Lipinski definition) is 3. The van der Waals surface area contributed by atoms with Gasteiger partial charge in [-0.25, -0.2) is 18.0 Å². The lowest BCUT2D eigenvalue weighted by molar-refractivity contribution is -0.139. The van der Waals surface area contributed by atoms with Crippen molar-refractivity contribution in [2.24, 2.45) is 5.92 Å². The summed E-state index contributed by atoms with van der Waals surface area (Å²) in [5, 5.41) is 15.2. The summed E-state index contributed by atoms with van der Waals surface area (Å²) in [6.45, 7) is 4.60. The first-order valence-corrected chi connectivity index (χ1v) is 17.8. The van der Waals surface area contributed by atoms with Crippen molar-refractivity contribution in [3.05, 3.63) is 83.4 Å². The number of carboxylic acid groups (broad SMARTS) is 1. The van der Waals surface area contributed by atoms with E-state index in [1.54, 1.807) is 18.2 Å². The summed E-state index contributed by atoms with van der Waals surface area (Å²) in [5.74, 6) is -2.40. The molecule has 4 rings (SSSR count). The predicted octanol–water partition coefficient (Wildman–Crippen LogP) is 5.28. The number of carbonyl (C=O) groups excluding carboxylic acids is 3. The number of sulfonamides is 1. The molecule has 2 amide bonds. The van der Waals surface area contributed by atoms with Gasteiger partial charge in [-0.15, -0.1) is 0 Å². The van der Waals surface area contributed by atoms with Gasteiger partial charge in [0.1, 0.15) is 6.04 Å². The molecule has 13 heteroatoms. The van der Waals surface area contributed by atoms with Gasteiger partial charge >= 0.3 is 11.9 Å². The normalized spacial score (nSPS) is 13.9. The first kappa shape index (κ1) is 37.1. The van der Waals surface area contributed by atoms with Gasteiger partial charge in [0.2, 0.25) is 15.9 Å². The number of aliphatic carboxylic acids is 1. The molecule has 12 nitrogen and oxygen atoms in total. The first-order chi connectivity index (χ1) is 23.5. The van der Waals surface area contributed by atoms with Gasteiger partial charge < -0.3 is 25.2 Å². The highest BCUT2D eigenvalue weighted by molar-refractivity contribution is 7.89. The third-order valence-electron chi connectivity index (χ3n) is 8.29. The van der Waals surface area contributed by atoms with E-state index in [4.69, 9.17) is 9.47 Å². The average molecular weight is 694 g/mol. The number of amides is 2. The Morgan fingerprint density at radius 2 is 1.49 bits per heavy atom. The van der Waals surface area contributed by atoms with Gasteiger partial charge in [0.15, 0.2) is 11.5 Å². The van der Waals surface area contributed by atoms with Crippen LogP contribution in [0, 0.1) is 5.92 Å². The quantitative estimate of drug-likeness (QED) is 0.134. The molecule has 262 valence electrons. The highest BCUT2D eigenvalue weighted by Gasteiger charge is 2.26. The third-order valence-corrected chi connectivity index (χ3v) is 10.2. The molecule has 3 aromatic carbocycles. The molecule has 1 unspecified atom stereocenters. The standard InChI is InChI=1S/C36H43N3O9S/c1-4-20-39(21-5-2)49(45,46)29-17-13-27(14-18-29)36(44)48-31-19-10-24(23-32(31)47-3)22-30(35(42)43)38-34(41)26-11-15-28(16-12-26)37-33(40)25-8-6-7-9-25/h10-19,23,25,30H,4-9,20-22H2,1-3H3,(H,37,40)(H,38,41)(H,42,43). The molecule has 1 saturated carbocycles. The molecule has 1 atom stereocenters. The number of carboxylic acids is 1. The van der Waals surface area contributed by atoms with Crippen molar-refractivity contribution in [2.75, 3.05) is 25.5 Å². The van der Waals surface area contributed by atoms with E-state index in [1.807, 2.05) is 13.8 Å². The Morgan fingerprint density at radius 1 is 0.878 bits per heavy atom. The van der Waals surface area contributed by atoms with Gasteiger partial charge in [0.25, 0.3) is 5.91 Å². The lowest BCUT2D eigenvalue weighted by Crippen LogP contribution is -2.42. The fourth-order valence-electron chi connectivity index (χ4n) is 5.66. The Bertz CT molecular complexity index is 1730. The number of esters is 1. The number of anilines is 1. The van der Waals surface area contributed by atoms with Gasteiger partial charge in [0.05, 0.1) is 17.6 Å². The second-order valence-electron chi connectivity index (χ2n) is 11.9. The van der Waals surface area contributed by atoms with E-state index in [1.165, 1.54) is 59.9 Å². The maximum atomic E-state index is 13.1. The van der Waals surface area contributed by atoms with Crippen molar-refractivity contribution in [3.63, 3.8) is 0 Å². The van der Waals surface area contributed by atoms with Gasteiger partial charge in [-0.2, -0.15) is 4.31 Å². The average Bonchev–Trinajstić information content (AvgIpc) is 3.64. The van der Waals surface area contributed by atoms with Crippen LogP contribution in [-0.4, -0.2) is 67.8 Å². The number of rotatable bonds is 16. The SMILES string of the molecule is CCCN(CCC)S(=O)(=O)c1ccc(C(=O)Oc2ccc(CC(NC(=O)c3ccc(NC(=O)C4CCCC4)cc3)C(=O)O)cc2OC)cc1. The number of hydrogen-bond acceptors (Lipinski definition) is 8. The molecule has 0 saturated heterocycles. The molecule has 0 heterocycles. The highest BCUT2D eigenvalue weighted by atomic mass is 32.2. The van der Waals surface area contributed by atoms with Crippen LogP contribution < -0.4 is 20.1 Å². The second-order valence-corrected chi connectivity index (χ2v) is 13.9. The van der Waals surface area contributed by atoms with Crippen LogP contribution in [0.3, 0.4) is 0 Å². The van der Waals surface area contributed by atoms with Crippen LogP contribution in [0.25, 0.3) is 0 Å². The van der Waals surface area contributed by atoms with Gasteiger partial charge in [-0.3, -0.25) is 9.59 Å². The van der Waals surface area contributed by atoms with Crippen LogP contribution in [0.2, 0.25) is 0 Å². The number of ether oxygens (including phenoxy) is 2. The summed E-state index contributed by atoms with van der Waals surface area (Å²) < 4.78 is 38.4. The van der Waals surface area contributed by atoms with E-state index >= 15 is 0 Å². The van der Waals surface area contributed by atoms with Crippen LogP contribution in [0.1, 0.15) is 78.7 Å². The van der Waals surface area contributed by atoms with Crippen molar-refractivity contribution in [3.8, 4) is 11.5 Å². The lowest BCUT2D eigenvalue weighted by Gasteiger charge is -2.21. The molecule has 3 N–H and O–H groups in total. The number of nitrogens with one attached hydrogen (secondary N) is 2. The van der Waals surface area contributed by atoms with Crippen LogP contribution in [0.4, 0.5) is 5.69 Å². The molecule has 0 bridgehead atoms. The van der Waals surface area contributed by atoms with Crippen molar-refractivity contribution in [2.45, 2.75) is 69.7 Å². The van der Waals surface area contributed by atoms with E-state index in [0.29, 0.717) is 37.2 Å². The third kappa shape index (κ3) is 9.67. The molecule has 1 fully saturated rings. The first-order valence-electron chi connectivity index (χ1n) is 16.4. The van der Waals surface area contributed by atoms with E-state index < -0.39 is 33.9 Å². The largest absolute Gasteiger partial charge is 0.493 e. The van der Waals surface area contributed by atoms with E-state index in [2.05, 4.69) is 10.6 Å².